The highest BCUT2D eigenvalue weighted by atomic mass is 32.1. The van der Waals surface area contributed by atoms with Crippen molar-refractivity contribution in [2.45, 2.75) is 39.3 Å². The third kappa shape index (κ3) is 5.19. The summed E-state index contributed by atoms with van der Waals surface area (Å²) in [7, 11) is 0. The fourth-order valence-corrected chi connectivity index (χ4v) is 3.19. The molecule has 1 aromatic carbocycles. The number of aliphatic imine (C=N–C) groups is 1. The largest absolute Gasteiger partial charge is 0.434 e. The molecule has 0 saturated heterocycles. The Labute approximate surface area is 149 Å². The van der Waals surface area contributed by atoms with Gasteiger partial charge in [-0.2, -0.15) is 13.2 Å². The number of nitrogens with zero attached hydrogens (tertiary/aromatic N) is 2. The maximum Gasteiger partial charge on any atom is 0.434 e. The van der Waals surface area contributed by atoms with Crippen LogP contribution in [0.15, 0.2) is 28.6 Å². The van der Waals surface area contributed by atoms with E-state index in [9.17, 15) is 13.2 Å². The van der Waals surface area contributed by atoms with Crippen molar-refractivity contribution in [2.75, 3.05) is 11.9 Å². The first-order chi connectivity index (χ1) is 11.8. The lowest BCUT2D eigenvalue weighted by molar-refractivity contribution is -0.140. The number of aromatic nitrogens is 1. The van der Waals surface area contributed by atoms with E-state index in [1.165, 1.54) is 0 Å². The SMILES string of the molecule is CCc1cccc(CC)c1NC(N)=NCCc1nc(C(F)(F)F)cs1. The fraction of sp³-hybridized carbons (Fsp3) is 0.412. The van der Waals surface area contributed by atoms with Crippen LogP contribution < -0.4 is 11.1 Å². The van der Waals surface area contributed by atoms with Crippen LogP contribution in [0.25, 0.3) is 0 Å². The molecule has 0 radical (unpaired) electrons. The molecule has 0 saturated carbocycles. The van der Waals surface area contributed by atoms with E-state index < -0.39 is 11.9 Å². The number of hydrogen-bond acceptors (Lipinski definition) is 3. The Kier molecular flexibility index (Phi) is 6.41. The van der Waals surface area contributed by atoms with Crippen molar-refractivity contribution >= 4 is 23.0 Å². The van der Waals surface area contributed by atoms with E-state index >= 15 is 0 Å². The third-order valence-electron chi connectivity index (χ3n) is 3.70. The van der Waals surface area contributed by atoms with Gasteiger partial charge in [-0.3, -0.25) is 4.99 Å². The second-order valence-corrected chi connectivity index (χ2v) is 6.37. The number of rotatable bonds is 6. The van der Waals surface area contributed by atoms with Gasteiger partial charge in [0.2, 0.25) is 0 Å². The molecular formula is C17H21F3N4S. The van der Waals surface area contributed by atoms with Crippen molar-refractivity contribution in [1.29, 1.82) is 0 Å². The molecule has 0 atom stereocenters. The van der Waals surface area contributed by atoms with Crippen LogP contribution in [0.5, 0.6) is 0 Å². The molecule has 3 N–H and O–H groups in total. The summed E-state index contributed by atoms with van der Waals surface area (Å²) < 4.78 is 37.6. The first-order valence-electron chi connectivity index (χ1n) is 8.04. The highest BCUT2D eigenvalue weighted by Gasteiger charge is 2.33. The Bertz CT molecular complexity index is 715. The van der Waals surface area contributed by atoms with Gasteiger partial charge in [0.15, 0.2) is 11.7 Å². The number of aryl methyl sites for hydroxylation is 2. The van der Waals surface area contributed by atoms with Crippen molar-refractivity contribution in [2.24, 2.45) is 10.7 Å². The molecule has 0 aliphatic rings. The molecule has 2 rings (SSSR count). The minimum atomic E-state index is -4.40. The number of alkyl halides is 3. The molecule has 0 amide bonds. The van der Waals surface area contributed by atoms with E-state index in [-0.39, 0.29) is 12.5 Å². The van der Waals surface area contributed by atoms with Crippen molar-refractivity contribution in [1.82, 2.24) is 4.98 Å². The van der Waals surface area contributed by atoms with Crippen LogP contribution >= 0.6 is 11.3 Å². The van der Waals surface area contributed by atoms with Gasteiger partial charge < -0.3 is 11.1 Å². The third-order valence-corrected chi connectivity index (χ3v) is 4.61. The maximum atomic E-state index is 12.5. The summed E-state index contributed by atoms with van der Waals surface area (Å²) >= 11 is 0.983. The van der Waals surface area contributed by atoms with Gasteiger partial charge in [0.1, 0.15) is 0 Å². The number of anilines is 1. The molecule has 0 fully saturated rings. The van der Waals surface area contributed by atoms with Crippen LogP contribution in [0.3, 0.4) is 0 Å². The van der Waals surface area contributed by atoms with Crippen LogP contribution in [-0.4, -0.2) is 17.5 Å². The van der Waals surface area contributed by atoms with Crippen molar-refractivity contribution < 1.29 is 13.2 Å². The summed E-state index contributed by atoms with van der Waals surface area (Å²) in [6.07, 6.45) is -2.36. The zero-order valence-electron chi connectivity index (χ0n) is 14.2. The van der Waals surface area contributed by atoms with Gasteiger partial charge >= 0.3 is 6.18 Å². The summed E-state index contributed by atoms with van der Waals surface area (Å²) in [4.78, 5) is 7.79. The predicted molar refractivity (Wildman–Crippen MR) is 96.1 cm³/mol. The van der Waals surface area contributed by atoms with Gasteiger partial charge in [0.05, 0.1) is 5.01 Å². The lowest BCUT2D eigenvalue weighted by Gasteiger charge is -2.14. The number of guanidine groups is 1. The molecular weight excluding hydrogens is 349 g/mol. The van der Waals surface area contributed by atoms with Crippen LogP contribution in [0, 0.1) is 0 Å². The second kappa shape index (κ2) is 8.33. The monoisotopic (exact) mass is 370 g/mol. The van der Waals surface area contributed by atoms with Gasteiger partial charge in [-0.25, -0.2) is 4.98 Å². The van der Waals surface area contributed by atoms with E-state index in [1.807, 2.05) is 18.2 Å². The molecule has 2 aromatic rings. The van der Waals surface area contributed by atoms with Crippen molar-refractivity contribution in [3.05, 3.63) is 45.4 Å². The first kappa shape index (κ1) is 19.2. The molecule has 0 spiro atoms. The number of benzene rings is 1. The Balaban J connectivity index is 2.00. The number of nitrogens with one attached hydrogen (secondary N) is 1. The van der Waals surface area contributed by atoms with E-state index in [0.29, 0.717) is 11.4 Å². The maximum absolute atomic E-state index is 12.5. The molecule has 0 unspecified atom stereocenters. The molecule has 1 heterocycles. The topological polar surface area (TPSA) is 63.3 Å². The van der Waals surface area contributed by atoms with E-state index in [0.717, 1.165) is 46.4 Å². The zero-order chi connectivity index (χ0) is 18.4. The van der Waals surface area contributed by atoms with Crippen LogP contribution in [0.1, 0.15) is 35.7 Å². The summed E-state index contributed by atoms with van der Waals surface area (Å²) in [6.45, 7) is 4.40. The van der Waals surface area contributed by atoms with E-state index in [4.69, 9.17) is 5.73 Å². The summed E-state index contributed by atoms with van der Waals surface area (Å²) in [5.74, 6) is 0.253. The average Bonchev–Trinajstić information content (AvgIpc) is 3.04. The summed E-state index contributed by atoms with van der Waals surface area (Å²) in [5, 5.41) is 4.54. The number of hydrogen-bond donors (Lipinski definition) is 2. The van der Waals surface area contributed by atoms with Crippen LogP contribution in [-0.2, 0) is 25.4 Å². The van der Waals surface area contributed by atoms with Gasteiger partial charge in [-0.05, 0) is 24.0 Å². The molecule has 0 aliphatic heterocycles. The second-order valence-electron chi connectivity index (χ2n) is 5.42. The van der Waals surface area contributed by atoms with Gasteiger partial charge in [-0.15, -0.1) is 11.3 Å². The predicted octanol–water partition coefficient (Wildman–Crippen LogP) is 4.26. The van der Waals surface area contributed by atoms with Crippen LogP contribution in [0.2, 0.25) is 0 Å². The number of thiazole rings is 1. The van der Waals surface area contributed by atoms with Crippen LogP contribution in [0.4, 0.5) is 18.9 Å². The quantitative estimate of drug-likeness (QED) is 0.590. The molecule has 0 bridgehead atoms. The van der Waals surface area contributed by atoms with Crippen molar-refractivity contribution in [3.63, 3.8) is 0 Å². The molecule has 136 valence electrons. The number of para-hydroxylation sites is 1. The first-order valence-corrected chi connectivity index (χ1v) is 8.92. The molecule has 0 aliphatic carbocycles. The van der Waals surface area contributed by atoms with Gasteiger partial charge in [-0.1, -0.05) is 32.0 Å². The minimum Gasteiger partial charge on any atom is -0.370 e. The zero-order valence-corrected chi connectivity index (χ0v) is 15.0. The fourth-order valence-electron chi connectivity index (χ4n) is 2.40. The molecule has 8 heteroatoms. The Morgan fingerprint density at radius 3 is 2.40 bits per heavy atom. The average molecular weight is 370 g/mol. The lowest BCUT2D eigenvalue weighted by atomic mass is 10.0. The van der Waals surface area contributed by atoms with Crippen molar-refractivity contribution in [3.8, 4) is 0 Å². The molecule has 25 heavy (non-hydrogen) atoms. The number of nitrogens with two attached hydrogens (primary N) is 1. The van der Waals surface area contributed by atoms with Gasteiger partial charge in [0.25, 0.3) is 0 Å². The lowest BCUT2D eigenvalue weighted by Crippen LogP contribution is -2.24. The molecule has 4 nitrogen and oxygen atoms in total. The standard InChI is InChI=1S/C17H21F3N4S/c1-3-11-6-5-7-12(4-2)15(11)24-16(21)22-9-8-14-23-13(10-25-14)17(18,19)20/h5-7,10H,3-4,8-9H2,1-2H3,(H3,21,22,24). The smallest absolute Gasteiger partial charge is 0.370 e. The Morgan fingerprint density at radius 2 is 1.88 bits per heavy atom. The Morgan fingerprint density at radius 1 is 1.24 bits per heavy atom. The highest BCUT2D eigenvalue weighted by Crippen LogP contribution is 2.30. The van der Waals surface area contributed by atoms with E-state index in [1.54, 1.807) is 0 Å². The molecule has 1 aromatic heterocycles. The van der Waals surface area contributed by atoms with Gasteiger partial charge in [0, 0.05) is 24.0 Å². The number of halogens is 3. The summed E-state index contributed by atoms with van der Waals surface area (Å²) in [5.41, 5.74) is 8.33. The normalized spacial score (nSPS) is 12.4. The Hall–Kier alpha value is -2.09. The minimum absolute atomic E-state index is 0.253. The summed E-state index contributed by atoms with van der Waals surface area (Å²) in [6, 6.07) is 6.07. The highest BCUT2D eigenvalue weighted by molar-refractivity contribution is 7.09. The van der Waals surface area contributed by atoms with E-state index in [2.05, 4.69) is 29.1 Å².